The topological polar surface area (TPSA) is 134 Å². The van der Waals surface area contributed by atoms with Crippen LogP contribution in [0, 0.1) is 16.7 Å². The monoisotopic (exact) mass is 526 g/mol. The smallest absolute Gasteiger partial charge is 0.331 e. The predicted octanol–water partition coefficient (Wildman–Crippen LogP) is 3.03. The Morgan fingerprint density at radius 3 is 2.45 bits per heavy atom. The van der Waals surface area contributed by atoms with E-state index in [-0.39, 0.29) is 25.7 Å². The molecule has 3 saturated carbocycles. The van der Waals surface area contributed by atoms with Gasteiger partial charge in [0.2, 0.25) is 5.79 Å². The summed E-state index contributed by atoms with van der Waals surface area (Å²) in [5.74, 6) is -4.08. The van der Waals surface area contributed by atoms with Crippen LogP contribution in [0.1, 0.15) is 71.3 Å². The van der Waals surface area contributed by atoms with E-state index in [0.29, 0.717) is 19.3 Å². The number of ether oxygens (including phenoxy) is 2. The SMILES string of the molecule is CC(=O)OC1(O)CCC2(O)C3(O)CC=C4CC(O)CCC4(C)C3CC(OC(=O)C=Cc3ccccc3)C12C. The highest BCUT2D eigenvalue weighted by atomic mass is 16.7. The first kappa shape index (κ1) is 27.1. The molecule has 8 heteroatoms. The minimum absolute atomic E-state index is 0.0456. The maximum atomic E-state index is 13.1. The van der Waals surface area contributed by atoms with E-state index in [9.17, 15) is 30.0 Å². The summed E-state index contributed by atoms with van der Waals surface area (Å²) in [6, 6.07) is 9.25. The first-order chi connectivity index (χ1) is 17.8. The van der Waals surface area contributed by atoms with Crippen molar-refractivity contribution in [2.75, 3.05) is 0 Å². The fourth-order valence-corrected chi connectivity index (χ4v) is 8.09. The highest BCUT2D eigenvalue weighted by Crippen LogP contribution is 2.70. The van der Waals surface area contributed by atoms with E-state index in [0.717, 1.165) is 11.1 Å². The lowest BCUT2D eigenvalue weighted by molar-refractivity contribution is -0.353. The zero-order valence-electron chi connectivity index (χ0n) is 22.2. The maximum Gasteiger partial charge on any atom is 0.331 e. The number of esters is 2. The molecule has 0 aromatic heterocycles. The predicted molar refractivity (Wildman–Crippen MR) is 138 cm³/mol. The quantitative estimate of drug-likeness (QED) is 0.204. The van der Waals surface area contributed by atoms with Crippen LogP contribution in [0.2, 0.25) is 0 Å². The molecule has 206 valence electrons. The normalized spacial score (nSPS) is 44.0. The molecule has 0 radical (unpaired) electrons. The molecule has 0 bridgehead atoms. The highest BCUT2D eigenvalue weighted by molar-refractivity contribution is 5.87. The van der Waals surface area contributed by atoms with Crippen LogP contribution in [-0.4, -0.2) is 61.6 Å². The van der Waals surface area contributed by atoms with Crippen LogP contribution >= 0.6 is 0 Å². The Morgan fingerprint density at radius 2 is 1.76 bits per heavy atom. The number of carbonyl (C=O) groups is 2. The van der Waals surface area contributed by atoms with Crippen LogP contribution in [-0.2, 0) is 19.1 Å². The largest absolute Gasteiger partial charge is 0.458 e. The van der Waals surface area contributed by atoms with Gasteiger partial charge in [-0.2, -0.15) is 0 Å². The van der Waals surface area contributed by atoms with Gasteiger partial charge >= 0.3 is 11.9 Å². The fourth-order valence-electron chi connectivity index (χ4n) is 8.09. The van der Waals surface area contributed by atoms with Gasteiger partial charge in [0.1, 0.15) is 22.7 Å². The van der Waals surface area contributed by atoms with E-state index >= 15 is 0 Å². The van der Waals surface area contributed by atoms with E-state index in [1.807, 2.05) is 43.3 Å². The molecule has 5 rings (SSSR count). The van der Waals surface area contributed by atoms with E-state index in [1.165, 1.54) is 13.0 Å². The van der Waals surface area contributed by atoms with Crippen LogP contribution < -0.4 is 0 Å². The summed E-state index contributed by atoms with van der Waals surface area (Å²) in [7, 11) is 0. The number of hydrogen-bond acceptors (Lipinski definition) is 8. The van der Waals surface area contributed by atoms with Crippen molar-refractivity contribution in [1.82, 2.24) is 0 Å². The number of hydrogen-bond donors (Lipinski definition) is 4. The van der Waals surface area contributed by atoms with E-state index in [1.54, 1.807) is 13.0 Å². The highest BCUT2D eigenvalue weighted by Gasteiger charge is 2.81. The number of benzene rings is 1. The Labute approximate surface area is 223 Å². The van der Waals surface area contributed by atoms with E-state index in [4.69, 9.17) is 9.47 Å². The summed E-state index contributed by atoms with van der Waals surface area (Å²) in [5, 5.41) is 46.9. The maximum absolute atomic E-state index is 13.1. The third kappa shape index (κ3) is 3.72. The Hall–Kier alpha value is -2.52. The molecule has 3 fully saturated rings. The Balaban J connectivity index is 1.57. The van der Waals surface area contributed by atoms with Gasteiger partial charge in [0.05, 0.1) is 6.10 Å². The number of rotatable bonds is 4. The molecule has 0 heterocycles. The van der Waals surface area contributed by atoms with Crippen molar-refractivity contribution in [3.8, 4) is 0 Å². The third-order valence-corrected chi connectivity index (χ3v) is 10.3. The van der Waals surface area contributed by atoms with Crippen molar-refractivity contribution in [2.24, 2.45) is 16.7 Å². The number of fused-ring (bicyclic) bond motifs is 5. The molecule has 4 N–H and O–H groups in total. The second-order valence-corrected chi connectivity index (χ2v) is 12.1. The molecule has 0 spiro atoms. The molecule has 8 atom stereocenters. The number of aliphatic hydroxyl groups is 4. The van der Waals surface area contributed by atoms with Crippen molar-refractivity contribution in [2.45, 2.75) is 94.9 Å². The minimum atomic E-state index is -2.16. The lowest BCUT2D eigenvalue weighted by atomic mass is 9.43. The average molecular weight is 527 g/mol. The van der Waals surface area contributed by atoms with Gasteiger partial charge in [0.25, 0.3) is 0 Å². The summed E-state index contributed by atoms with van der Waals surface area (Å²) in [5.41, 5.74) is -4.02. The third-order valence-electron chi connectivity index (χ3n) is 10.3. The first-order valence-electron chi connectivity index (χ1n) is 13.5. The van der Waals surface area contributed by atoms with Crippen LogP contribution in [0.4, 0.5) is 0 Å². The van der Waals surface area contributed by atoms with Gasteiger partial charge in [-0.05, 0) is 62.5 Å². The minimum Gasteiger partial charge on any atom is -0.458 e. The Kier molecular flexibility index (Phi) is 6.42. The first-order valence-corrected chi connectivity index (χ1v) is 13.5. The summed E-state index contributed by atoms with van der Waals surface area (Å²) in [6.45, 7) is 4.75. The van der Waals surface area contributed by atoms with Crippen molar-refractivity contribution >= 4 is 18.0 Å². The van der Waals surface area contributed by atoms with Crippen LogP contribution in [0.5, 0.6) is 0 Å². The molecule has 1 aromatic rings. The van der Waals surface area contributed by atoms with Gasteiger partial charge in [0, 0.05) is 25.3 Å². The summed E-state index contributed by atoms with van der Waals surface area (Å²) in [4.78, 5) is 25.2. The Morgan fingerprint density at radius 1 is 1.05 bits per heavy atom. The van der Waals surface area contributed by atoms with Gasteiger partial charge < -0.3 is 29.9 Å². The molecular formula is C30H38O8. The zero-order chi connectivity index (χ0) is 27.6. The molecule has 38 heavy (non-hydrogen) atoms. The molecule has 1 aromatic carbocycles. The standard InChI is InChI=1S/C30H38O8/c1-19(31)38-30(36)16-15-29(35)27(30,3)24(37-25(33)10-9-20-7-5-4-6-8-20)18-23-26(2)13-12-22(32)17-21(26)11-14-28(23,29)34/h4-11,22-24,32,34-36H,12-18H2,1-3H3. The van der Waals surface area contributed by atoms with Crippen molar-refractivity contribution in [3.63, 3.8) is 0 Å². The molecule has 4 aliphatic carbocycles. The van der Waals surface area contributed by atoms with Crippen LogP contribution in [0.25, 0.3) is 6.08 Å². The molecule has 0 aliphatic heterocycles. The van der Waals surface area contributed by atoms with Crippen molar-refractivity contribution in [1.29, 1.82) is 0 Å². The molecule has 8 nitrogen and oxygen atoms in total. The summed E-state index contributed by atoms with van der Waals surface area (Å²) >= 11 is 0. The van der Waals surface area contributed by atoms with Crippen molar-refractivity contribution < 1.29 is 39.5 Å². The van der Waals surface area contributed by atoms with Gasteiger partial charge in [-0.1, -0.05) is 48.9 Å². The molecule has 0 amide bonds. The van der Waals surface area contributed by atoms with Crippen molar-refractivity contribution in [3.05, 3.63) is 53.6 Å². The molecule has 0 saturated heterocycles. The van der Waals surface area contributed by atoms with E-state index < -0.39 is 57.9 Å². The number of aliphatic hydroxyl groups excluding tert-OH is 1. The van der Waals surface area contributed by atoms with Crippen LogP contribution in [0.15, 0.2) is 48.1 Å². The van der Waals surface area contributed by atoms with Crippen LogP contribution in [0.3, 0.4) is 0 Å². The number of carbonyl (C=O) groups excluding carboxylic acids is 2. The lowest BCUT2D eigenvalue weighted by Gasteiger charge is -2.66. The Bertz CT molecular complexity index is 1180. The van der Waals surface area contributed by atoms with Gasteiger partial charge in [-0.25, -0.2) is 4.79 Å². The second kappa shape index (κ2) is 9.01. The zero-order valence-corrected chi connectivity index (χ0v) is 22.2. The van der Waals surface area contributed by atoms with E-state index in [2.05, 4.69) is 0 Å². The van der Waals surface area contributed by atoms with Gasteiger partial charge in [0.15, 0.2) is 0 Å². The summed E-state index contributed by atoms with van der Waals surface area (Å²) < 4.78 is 11.4. The fraction of sp³-hybridized carbons (Fsp3) is 0.600. The van der Waals surface area contributed by atoms with Gasteiger partial charge in [-0.3, -0.25) is 4.79 Å². The average Bonchev–Trinajstić information content (AvgIpc) is 3.08. The molecule has 8 unspecified atom stereocenters. The van der Waals surface area contributed by atoms with Gasteiger partial charge in [-0.15, -0.1) is 0 Å². The second-order valence-electron chi connectivity index (χ2n) is 12.1. The molecular weight excluding hydrogens is 488 g/mol. The molecule has 4 aliphatic rings. The lowest BCUT2D eigenvalue weighted by Crippen LogP contribution is -2.78. The summed E-state index contributed by atoms with van der Waals surface area (Å²) in [6.07, 6.45) is 5.04.